The molecule has 0 spiro atoms. The highest BCUT2D eigenvalue weighted by atomic mass is 16.5. The summed E-state index contributed by atoms with van der Waals surface area (Å²) < 4.78 is 7.60. The summed E-state index contributed by atoms with van der Waals surface area (Å²) in [5, 5.41) is 4.38. The zero-order chi connectivity index (χ0) is 20.8. The third-order valence-corrected chi connectivity index (χ3v) is 6.14. The van der Waals surface area contributed by atoms with Crippen molar-refractivity contribution in [3.63, 3.8) is 0 Å². The van der Waals surface area contributed by atoms with Gasteiger partial charge >= 0.3 is 0 Å². The minimum atomic E-state index is -0.211. The van der Waals surface area contributed by atoms with Crippen LogP contribution in [0.15, 0.2) is 71.9 Å². The van der Waals surface area contributed by atoms with Crippen LogP contribution in [0.1, 0.15) is 30.7 Å². The molecule has 1 fully saturated rings. The number of nitrogens with zero attached hydrogens (tertiary/aromatic N) is 6. The topological polar surface area (TPSA) is 108 Å². The van der Waals surface area contributed by atoms with Crippen LogP contribution < -0.4 is 5.73 Å². The molecule has 0 atom stereocenters. The van der Waals surface area contributed by atoms with E-state index in [1.54, 1.807) is 18.6 Å². The first-order chi connectivity index (χ1) is 15.2. The maximum absolute atomic E-state index is 5.66. The molecule has 1 saturated carbocycles. The Morgan fingerprint density at radius 1 is 0.903 bits per heavy atom. The minimum Gasteiger partial charge on any atom is -0.368 e. The molecule has 1 aliphatic rings. The Bertz CT molecular complexity index is 1370. The molecule has 5 aromatic rings. The van der Waals surface area contributed by atoms with Crippen LogP contribution in [-0.2, 0) is 5.41 Å². The van der Waals surface area contributed by atoms with Gasteiger partial charge < -0.3 is 14.7 Å². The van der Waals surface area contributed by atoms with Crippen molar-refractivity contribution >= 4 is 11.6 Å². The van der Waals surface area contributed by atoms with Gasteiger partial charge in [0.15, 0.2) is 5.82 Å². The molecule has 0 bridgehead atoms. The molecule has 4 heterocycles. The van der Waals surface area contributed by atoms with Gasteiger partial charge in [0.1, 0.15) is 5.65 Å². The third kappa shape index (κ3) is 2.87. The number of hydrogen-bond acceptors (Lipinski definition) is 7. The first kappa shape index (κ1) is 17.8. The van der Waals surface area contributed by atoms with Crippen LogP contribution in [0.5, 0.6) is 0 Å². The maximum Gasteiger partial charge on any atom is 0.259 e. The summed E-state index contributed by atoms with van der Waals surface area (Å²) in [5.41, 5.74) is 10.3. The number of aromatic nitrogens is 6. The highest BCUT2D eigenvalue weighted by molar-refractivity contribution is 5.63. The molecule has 1 aromatic carbocycles. The lowest BCUT2D eigenvalue weighted by atomic mass is 9.64. The van der Waals surface area contributed by atoms with Gasteiger partial charge in [0.25, 0.3) is 5.89 Å². The SMILES string of the molecule is Nc1ncc(-c2ccc(C3(c4noc(-c5ccc6nccn6c5)n4)CCC3)cc2)cn1. The monoisotopic (exact) mass is 409 g/mol. The largest absolute Gasteiger partial charge is 0.368 e. The van der Waals surface area contributed by atoms with Crippen LogP contribution in [0.3, 0.4) is 0 Å². The summed E-state index contributed by atoms with van der Waals surface area (Å²) in [7, 11) is 0. The lowest BCUT2D eigenvalue weighted by molar-refractivity contribution is 0.273. The number of nitrogens with two attached hydrogens (primary N) is 1. The van der Waals surface area contributed by atoms with E-state index in [1.165, 1.54) is 5.56 Å². The Hall–Kier alpha value is -4.07. The third-order valence-electron chi connectivity index (χ3n) is 6.14. The Morgan fingerprint density at radius 2 is 1.68 bits per heavy atom. The van der Waals surface area contributed by atoms with Crippen molar-refractivity contribution in [1.82, 2.24) is 29.5 Å². The second-order valence-corrected chi connectivity index (χ2v) is 7.88. The fraction of sp³-hybridized carbons (Fsp3) is 0.174. The summed E-state index contributed by atoms with van der Waals surface area (Å²) in [5.74, 6) is 1.53. The van der Waals surface area contributed by atoms with E-state index in [0.29, 0.717) is 5.89 Å². The number of rotatable bonds is 4. The molecule has 1 aliphatic carbocycles. The number of fused-ring (bicyclic) bond motifs is 1. The Balaban J connectivity index is 1.33. The molecule has 6 rings (SSSR count). The molecular formula is C23H19N7O. The van der Waals surface area contributed by atoms with Crippen molar-refractivity contribution in [2.45, 2.75) is 24.7 Å². The quantitative estimate of drug-likeness (QED) is 0.480. The molecule has 0 radical (unpaired) electrons. The van der Waals surface area contributed by atoms with Crippen molar-refractivity contribution in [1.29, 1.82) is 0 Å². The molecule has 0 aliphatic heterocycles. The number of imidazole rings is 1. The van der Waals surface area contributed by atoms with Crippen LogP contribution in [0.4, 0.5) is 5.95 Å². The lowest BCUT2D eigenvalue weighted by Gasteiger charge is -2.39. The molecule has 31 heavy (non-hydrogen) atoms. The first-order valence-electron chi connectivity index (χ1n) is 10.2. The molecule has 0 unspecified atom stereocenters. The van der Waals surface area contributed by atoms with Gasteiger partial charge in [-0.25, -0.2) is 15.0 Å². The van der Waals surface area contributed by atoms with Crippen molar-refractivity contribution < 1.29 is 4.52 Å². The Morgan fingerprint density at radius 3 is 2.42 bits per heavy atom. The van der Waals surface area contributed by atoms with E-state index in [0.717, 1.165) is 47.4 Å². The second kappa shape index (κ2) is 6.73. The number of pyridine rings is 1. The zero-order valence-corrected chi connectivity index (χ0v) is 16.6. The van der Waals surface area contributed by atoms with E-state index < -0.39 is 0 Å². The average Bonchev–Trinajstić information content (AvgIpc) is 3.43. The van der Waals surface area contributed by atoms with E-state index in [9.17, 15) is 0 Å². The number of anilines is 1. The van der Waals surface area contributed by atoms with Crippen molar-refractivity contribution in [2.24, 2.45) is 0 Å². The molecule has 4 aromatic heterocycles. The molecule has 152 valence electrons. The summed E-state index contributed by atoms with van der Waals surface area (Å²) >= 11 is 0. The van der Waals surface area contributed by atoms with E-state index >= 15 is 0 Å². The van der Waals surface area contributed by atoms with Gasteiger partial charge in [0.05, 0.1) is 11.0 Å². The van der Waals surface area contributed by atoms with Crippen LogP contribution >= 0.6 is 0 Å². The van der Waals surface area contributed by atoms with E-state index in [1.807, 2.05) is 28.9 Å². The lowest BCUT2D eigenvalue weighted by Crippen LogP contribution is -2.36. The van der Waals surface area contributed by atoms with E-state index in [-0.39, 0.29) is 11.4 Å². The Labute approximate surface area is 177 Å². The van der Waals surface area contributed by atoms with Crippen LogP contribution in [-0.4, -0.2) is 29.5 Å². The minimum absolute atomic E-state index is 0.211. The molecule has 0 saturated heterocycles. The summed E-state index contributed by atoms with van der Waals surface area (Å²) in [6.07, 6.45) is 12.2. The van der Waals surface area contributed by atoms with Gasteiger partial charge in [0.2, 0.25) is 5.95 Å². The molecular weight excluding hydrogens is 390 g/mol. The molecule has 8 nitrogen and oxygen atoms in total. The Kier molecular flexibility index (Phi) is 3.86. The van der Waals surface area contributed by atoms with Gasteiger partial charge in [-0.1, -0.05) is 35.8 Å². The highest BCUT2D eigenvalue weighted by Crippen LogP contribution is 2.48. The van der Waals surface area contributed by atoms with Crippen LogP contribution in [0.25, 0.3) is 28.2 Å². The van der Waals surface area contributed by atoms with Crippen LogP contribution in [0, 0.1) is 0 Å². The van der Waals surface area contributed by atoms with Gasteiger partial charge in [-0.3, -0.25) is 0 Å². The van der Waals surface area contributed by atoms with Crippen molar-refractivity contribution in [2.75, 3.05) is 5.73 Å². The summed E-state index contributed by atoms with van der Waals surface area (Å²) in [6, 6.07) is 12.3. The van der Waals surface area contributed by atoms with Gasteiger partial charge in [-0.05, 0) is 36.1 Å². The number of nitrogen functional groups attached to an aromatic ring is 1. The molecule has 0 amide bonds. The standard InChI is InChI=1S/C23H19N7O/c24-22-26-12-17(13-27-22)15-2-5-18(6-3-15)23(8-1-9-23)21-28-20(31-29-21)16-4-7-19-25-10-11-30(19)14-16/h2-7,10-14H,1,8-9H2,(H2,24,26,27). The summed E-state index contributed by atoms with van der Waals surface area (Å²) in [4.78, 5) is 17.2. The summed E-state index contributed by atoms with van der Waals surface area (Å²) in [6.45, 7) is 0. The predicted octanol–water partition coefficient (Wildman–Crippen LogP) is 3.89. The normalized spacial score (nSPS) is 15.1. The number of benzene rings is 1. The second-order valence-electron chi connectivity index (χ2n) is 7.88. The molecule has 8 heteroatoms. The average molecular weight is 409 g/mol. The van der Waals surface area contributed by atoms with Gasteiger partial charge in [-0.2, -0.15) is 4.98 Å². The van der Waals surface area contributed by atoms with Crippen molar-refractivity contribution in [3.8, 4) is 22.6 Å². The zero-order valence-electron chi connectivity index (χ0n) is 16.6. The maximum atomic E-state index is 5.66. The van der Waals surface area contributed by atoms with E-state index in [2.05, 4.69) is 44.4 Å². The predicted molar refractivity (Wildman–Crippen MR) is 115 cm³/mol. The van der Waals surface area contributed by atoms with E-state index in [4.69, 9.17) is 15.2 Å². The highest BCUT2D eigenvalue weighted by Gasteiger charge is 2.44. The van der Waals surface area contributed by atoms with Crippen molar-refractivity contribution in [3.05, 3.63) is 78.8 Å². The fourth-order valence-corrected chi connectivity index (χ4v) is 4.22. The smallest absolute Gasteiger partial charge is 0.259 e. The van der Waals surface area contributed by atoms with Crippen LogP contribution in [0.2, 0.25) is 0 Å². The van der Waals surface area contributed by atoms with Gasteiger partial charge in [-0.15, -0.1) is 0 Å². The van der Waals surface area contributed by atoms with Gasteiger partial charge in [0, 0.05) is 36.5 Å². The number of hydrogen-bond donors (Lipinski definition) is 1. The fourth-order valence-electron chi connectivity index (χ4n) is 4.22. The first-order valence-corrected chi connectivity index (χ1v) is 10.2. The molecule has 2 N–H and O–H groups in total.